The standard InChI is InChI=1S/C19H22F3N5O2/c1-11(19(20,21)22)27-16(24)14(9-23)15(26-27)13-7-5-12(6-8-13)10-25-17(28)29-18(2,3)4/h5-8,11H,10,24H2,1-4H3,(H,25,28)/t11-/m0/s1. The number of nitrogens with zero attached hydrogens (tertiary/aromatic N) is 3. The van der Waals surface area contributed by atoms with Gasteiger partial charge >= 0.3 is 12.3 Å². The molecule has 0 bridgehead atoms. The van der Waals surface area contributed by atoms with Crippen LogP contribution in [0.2, 0.25) is 0 Å². The topological polar surface area (TPSA) is 106 Å². The first kappa shape index (κ1) is 22.1. The third-order valence-corrected chi connectivity index (χ3v) is 3.96. The third kappa shape index (κ3) is 5.40. The molecule has 2 rings (SSSR count). The molecule has 2 aromatic rings. The van der Waals surface area contributed by atoms with Crippen molar-refractivity contribution in [2.75, 3.05) is 5.73 Å². The molecule has 156 valence electrons. The summed E-state index contributed by atoms with van der Waals surface area (Å²) in [4.78, 5) is 11.7. The van der Waals surface area contributed by atoms with Crippen molar-refractivity contribution in [3.8, 4) is 17.3 Å². The van der Waals surface area contributed by atoms with Gasteiger partial charge < -0.3 is 15.8 Å². The summed E-state index contributed by atoms with van der Waals surface area (Å²) in [6, 6.07) is 6.36. The number of hydrogen-bond acceptors (Lipinski definition) is 5. The van der Waals surface area contributed by atoms with Crippen LogP contribution in [0.3, 0.4) is 0 Å². The maximum absolute atomic E-state index is 13.0. The highest BCUT2D eigenvalue weighted by molar-refractivity contribution is 5.73. The van der Waals surface area contributed by atoms with Crippen molar-refractivity contribution in [3.63, 3.8) is 0 Å². The molecular formula is C19H22F3N5O2. The van der Waals surface area contributed by atoms with Crippen LogP contribution in [0.15, 0.2) is 24.3 Å². The molecular weight excluding hydrogens is 387 g/mol. The van der Waals surface area contributed by atoms with Crippen LogP contribution in [0.1, 0.15) is 44.9 Å². The van der Waals surface area contributed by atoms with Crippen LogP contribution in [0, 0.1) is 11.3 Å². The van der Waals surface area contributed by atoms with E-state index in [-0.39, 0.29) is 23.6 Å². The van der Waals surface area contributed by atoms with Gasteiger partial charge in [0.15, 0.2) is 0 Å². The van der Waals surface area contributed by atoms with Crippen LogP contribution in [0.25, 0.3) is 11.3 Å². The molecule has 1 aromatic heterocycles. The van der Waals surface area contributed by atoms with Crippen LogP contribution in [0.5, 0.6) is 0 Å². The molecule has 0 aliphatic carbocycles. The number of hydrogen-bond donors (Lipinski definition) is 2. The van der Waals surface area contributed by atoms with Gasteiger partial charge in [0.05, 0.1) is 0 Å². The molecule has 0 fully saturated rings. The molecule has 1 amide bonds. The van der Waals surface area contributed by atoms with E-state index in [1.54, 1.807) is 45.0 Å². The summed E-state index contributed by atoms with van der Waals surface area (Å²) in [7, 11) is 0. The fraction of sp³-hybridized carbons (Fsp3) is 0.421. The largest absolute Gasteiger partial charge is 0.444 e. The normalized spacial score (nSPS) is 12.9. The van der Waals surface area contributed by atoms with Crippen molar-refractivity contribution in [3.05, 3.63) is 35.4 Å². The summed E-state index contributed by atoms with van der Waals surface area (Å²) < 4.78 is 44.8. The lowest BCUT2D eigenvalue weighted by Crippen LogP contribution is -2.32. The zero-order chi connectivity index (χ0) is 22.0. The molecule has 0 aliphatic rings. The number of anilines is 1. The number of carbonyl (C=O) groups excluding carboxylic acids is 1. The van der Waals surface area contributed by atoms with Crippen LogP contribution < -0.4 is 11.1 Å². The first-order chi connectivity index (χ1) is 13.3. The van der Waals surface area contributed by atoms with Crippen molar-refractivity contribution in [1.82, 2.24) is 15.1 Å². The van der Waals surface area contributed by atoms with Gasteiger partial charge in [-0.1, -0.05) is 24.3 Å². The van der Waals surface area contributed by atoms with Crippen molar-refractivity contribution in [2.24, 2.45) is 0 Å². The number of rotatable bonds is 4. The van der Waals surface area contributed by atoms with Gasteiger partial charge in [0.2, 0.25) is 0 Å². The zero-order valence-electron chi connectivity index (χ0n) is 16.5. The Labute approximate surface area is 166 Å². The number of halogens is 3. The number of carbonyl (C=O) groups is 1. The van der Waals surface area contributed by atoms with E-state index in [1.807, 2.05) is 6.07 Å². The van der Waals surface area contributed by atoms with Gasteiger partial charge in [-0.25, -0.2) is 9.48 Å². The number of nitrogens with two attached hydrogens (primary N) is 1. The molecule has 29 heavy (non-hydrogen) atoms. The molecule has 10 heteroatoms. The second-order valence-corrected chi connectivity index (χ2v) is 7.44. The highest BCUT2D eigenvalue weighted by Gasteiger charge is 2.40. The number of aromatic nitrogens is 2. The Hall–Kier alpha value is -3.22. The quantitative estimate of drug-likeness (QED) is 0.789. The van der Waals surface area contributed by atoms with Crippen LogP contribution >= 0.6 is 0 Å². The SMILES string of the molecule is C[C@H](n1nc(-c2ccc(CNC(=O)OC(C)(C)C)cc2)c(C#N)c1N)C(F)(F)F. The highest BCUT2D eigenvalue weighted by atomic mass is 19.4. The molecule has 1 aromatic carbocycles. The monoisotopic (exact) mass is 409 g/mol. The van der Waals surface area contributed by atoms with Crippen molar-refractivity contribution >= 4 is 11.9 Å². The van der Waals surface area contributed by atoms with Crippen molar-refractivity contribution in [2.45, 2.75) is 52.1 Å². The summed E-state index contributed by atoms with van der Waals surface area (Å²) in [6.07, 6.45) is -5.12. The summed E-state index contributed by atoms with van der Waals surface area (Å²) in [5, 5.41) is 15.8. The van der Waals surface area contributed by atoms with Crippen LogP contribution in [-0.2, 0) is 11.3 Å². The lowest BCUT2D eigenvalue weighted by atomic mass is 10.1. The molecule has 0 spiro atoms. The van der Waals surface area contributed by atoms with E-state index in [0.29, 0.717) is 10.2 Å². The van der Waals surface area contributed by atoms with Crippen molar-refractivity contribution < 1.29 is 22.7 Å². The third-order valence-electron chi connectivity index (χ3n) is 3.96. The average Bonchev–Trinajstić information content (AvgIpc) is 2.93. The second kappa shape index (κ2) is 8.03. The summed E-state index contributed by atoms with van der Waals surface area (Å²) in [5.74, 6) is -0.344. The minimum absolute atomic E-state index is 0.0627. The lowest BCUT2D eigenvalue weighted by Gasteiger charge is -2.19. The van der Waals surface area contributed by atoms with E-state index in [2.05, 4.69) is 10.4 Å². The van der Waals surface area contributed by atoms with E-state index >= 15 is 0 Å². The number of amides is 1. The molecule has 0 saturated heterocycles. The van der Waals surface area contributed by atoms with Gasteiger partial charge in [-0.15, -0.1) is 0 Å². The van der Waals surface area contributed by atoms with Crippen LogP contribution in [-0.4, -0.2) is 27.7 Å². The second-order valence-electron chi connectivity index (χ2n) is 7.44. The van der Waals surface area contributed by atoms with E-state index < -0.39 is 23.9 Å². The Kier molecular flexibility index (Phi) is 6.11. The maximum Gasteiger partial charge on any atom is 0.410 e. The zero-order valence-corrected chi connectivity index (χ0v) is 16.5. The first-order valence-electron chi connectivity index (χ1n) is 8.74. The molecule has 7 nitrogen and oxygen atoms in total. The van der Waals surface area contributed by atoms with E-state index in [1.165, 1.54) is 0 Å². The average molecular weight is 409 g/mol. The van der Waals surface area contributed by atoms with Gasteiger partial charge in [-0.05, 0) is 33.3 Å². The molecule has 0 radical (unpaired) electrons. The molecule has 3 N–H and O–H groups in total. The minimum Gasteiger partial charge on any atom is -0.444 e. The number of alkyl halides is 3. The predicted octanol–water partition coefficient (Wildman–Crippen LogP) is 4.15. The Morgan fingerprint density at radius 2 is 1.90 bits per heavy atom. The van der Waals surface area contributed by atoms with Crippen LogP contribution in [0.4, 0.5) is 23.8 Å². The van der Waals surface area contributed by atoms with Gasteiger partial charge in [0, 0.05) is 12.1 Å². The molecule has 1 atom stereocenters. The number of nitrogen functional groups attached to an aromatic ring is 1. The first-order valence-corrected chi connectivity index (χ1v) is 8.74. The van der Waals surface area contributed by atoms with Gasteiger partial charge in [0.25, 0.3) is 0 Å². The molecule has 1 heterocycles. The number of ether oxygens (including phenoxy) is 1. The number of nitrogens with one attached hydrogen (secondary N) is 1. The van der Waals surface area contributed by atoms with E-state index in [0.717, 1.165) is 12.5 Å². The smallest absolute Gasteiger partial charge is 0.410 e. The lowest BCUT2D eigenvalue weighted by molar-refractivity contribution is -0.164. The molecule has 0 unspecified atom stereocenters. The minimum atomic E-state index is -4.55. The van der Waals surface area contributed by atoms with E-state index in [9.17, 15) is 23.2 Å². The summed E-state index contributed by atoms with van der Waals surface area (Å²) in [6.45, 7) is 6.36. The Morgan fingerprint density at radius 1 is 1.31 bits per heavy atom. The maximum atomic E-state index is 13.0. The summed E-state index contributed by atoms with van der Waals surface area (Å²) >= 11 is 0. The van der Waals surface area contributed by atoms with Crippen molar-refractivity contribution in [1.29, 1.82) is 5.26 Å². The van der Waals surface area contributed by atoms with Gasteiger partial charge in [-0.2, -0.15) is 23.5 Å². The van der Waals surface area contributed by atoms with Gasteiger partial charge in [-0.3, -0.25) is 0 Å². The molecule has 0 saturated carbocycles. The number of alkyl carbamates (subject to hydrolysis) is 1. The van der Waals surface area contributed by atoms with E-state index in [4.69, 9.17) is 10.5 Å². The Bertz CT molecular complexity index is 922. The fourth-order valence-corrected chi connectivity index (χ4v) is 2.46. The number of benzene rings is 1. The Morgan fingerprint density at radius 3 is 2.38 bits per heavy atom. The summed E-state index contributed by atoms with van der Waals surface area (Å²) in [5.41, 5.74) is 6.21. The fourth-order valence-electron chi connectivity index (χ4n) is 2.46. The highest BCUT2D eigenvalue weighted by Crippen LogP contribution is 2.35. The van der Waals surface area contributed by atoms with Gasteiger partial charge in [0.1, 0.15) is 34.8 Å². The molecule has 0 aliphatic heterocycles. The predicted molar refractivity (Wildman–Crippen MR) is 101 cm³/mol. The Balaban J connectivity index is 2.22. The number of nitriles is 1.